The zero-order valence-corrected chi connectivity index (χ0v) is 41.6. The van der Waals surface area contributed by atoms with Crippen LogP contribution >= 0.6 is 11.3 Å². The highest BCUT2D eigenvalue weighted by Crippen LogP contribution is 2.43. The Morgan fingerprint density at radius 3 is 1.16 bits per heavy atom. The topological polar surface area (TPSA) is 63.2 Å². The Morgan fingerprint density at radius 2 is 0.627 bits per heavy atom. The fraction of sp³-hybridized carbons (Fsp3) is 0.0286. The zero-order valence-electron chi connectivity index (χ0n) is 40.8. The Labute approximate surface area is 435 Å². The summed E-state index contributed by atoms with van der Waals surface area (Å²) in [6.07, 6.45) is 2.11. The molecule has 0 unspecified atom stereocenters. The van der Waals surface area contributed by atoms with Gasteiger partial charge in [0.25, 0.3) is 0 Å². The van der Waals surface area contributed by atoms with Crippen LogP contribution in [0.2, 0.25) is 0 Å². The number of hydrogen-bond acceptors (Lipinski definition) is 1. The zero-order chi connectivity index (χ0) is 49.1. The van der Waals surface area contributed by atoms with Gasteiger partial charge in [0, 0.05) is 97.0 Å². The van der Waals surface area contributed by atoms with Gasteiger partial charge in [-0.1, -0.05) is 140 Å². The molecule has 2 aliphatic rings. The summed E-state index contributed by atoms with van der Waals surface area (Å²) in [6.45, 7) is 0. The number of H-pyrrole nitrogens is 4. The summed E-state index contributed by atoms with van der Waals surface area (Å²) in [7, 11) is 0. The van der Waals surface area contributed by atoms with E-state index in [1.165, 1.54) is 163 Å². The maximum Gasteiger partial charge on any atom is 0.0471 e. The lowest BCUT2D eigenvalue weighted by Crippen LogP contribution is -1.82. The van der Waals surface area contributed by atoms with E-state index < -0.39 is 0 Å². The summed E-state index contributed by atoms with van der Waals surface area (Å²) in [4.78, 5) is 16.7. The van der Waals surface area contributed by atoms with Crippen molar-refractivity contribution in [2.24, 2.45) is 0 Å². The Balaban J connectivity index is 0.0000000977. The van der Waals surface area contributed by atoms with Crippen molar-refractivity contribution < 1.29 is 0 Å². The van der Waals surface area contributed by atoms with Crippen LogP contribution in [0.25, 0.3) is 141 Å². The third-order valence-electron chi connectivity index (χ3n) is 16.0. The average Bonchev–Trinajstić information content (AvgIpc) is 4.36. The largest absolute Gasteiger partial charge is 0.355 e. The summed E-state index contributed by atoms with van der Waals surface area (Å²) in [5.41, 5.74) is 23.5. The molecule has 5 heterocycles. The van der Waals surface area contributed by atoms with Gasteiger partial charge in [-0.2, -0.15) is 0 Å². The molecule has 0 bridgehead atoms. The van der Waals surface area contributed by atoms with E-state index in [1.54, 1.807) is 0 Å². The number of benzene rings is 11. The minimum Gasteiger partial charge on any atom is -0.355 e. The van der Waals surface area contributed by atoms with Crippen molar-refractivity contribution in [3.8, 4) is 43.1 Å². The standard InChI is InChI=1S/C28H18N2S.C23H15N.C19H13N/c1-3-7-23-19(5-1)21-15-17(9-11-25(21)29-23)27-13-14-28(31-27)18-10-12-26-22(16-18)20-6-2-4-8-24(20)30-26;1-2-6-18-14(5-1)9-17-10-15-12-21-19-7-3-4-8-22(19)24-23(21)13-16(15)11-20(17)18;1-2-6-14-12(5-1)9-13-10-17-15-7-3-4-8-18(15)20-19(17)11-16(13)14/h1-16,29-30H;1-8,10-13,24H,9H2;1-8,10-11,20H,9H2. The van der Waals surface area contributed by atoms with Crippen LogP contribution in [-0.4, -0.2) is 19.9 Å². The van der Waals surface area contributed by atoms with Crippen LogP contribution in [0.5, 0.6) is 0 Å². The molecule has 0 atom stereocenters. The first-order valence-electron chi connectivity index (χ1n) is 25.9. The van der Waals surface area contributed by atoms with Crippen molar-refractivity contribution in [3.05, 3.63) is 253 Å². The van der Waals surface area contributed by atoms with E-state index in [4.69, 9.17) is 0 Å². The van der Waals surface area contributed by atoms with Crippen LogP contribution in [0.15, 0.2) is 231 Å². The lowest BCUT2D eigenvalue weighted by molar-refractivity contribution is 1.27. The second kappa shape index (κ2) is 16.6. The number of aromatic nitrogens is 4. The Bertz CT molecular complexity index is 4850. The van der Waals surface area contributed by atoms with Gasteiger partial charge in [0.05, 0.1) is 0 Å². The fourth-order valence-electron chi connectivity index (χ4n) is 12.4. The molecule has 0 amide bonds. The van der Waals surface area contributed by atoms with Gasteiger partial charge in [-0.25, -0.2) is 0 Å². The van der Waals surface area contributed by atoms with Crippen molar-refractivity contribution in [3.63, 3.8) is 0 Å². The smallest absolute Gasteiger partial charge is 0.0471 e. The second-order valence-electron chi connectivity index (χ2n) is 20.3. The molecule has 11 aromatic carbocycles. The molecule has 352 valence electrons. The van der Waals surface area contributed by atoms with Crippen molar-refractivity contribution in [2.75, 3.05) is 0 Å². The van der Waals surface area contributed by atoms with E-state index in [-0.39, 0.29) is 0 Å². The highest BCUT2D eigenvalue weighted by molar-refractivity contribution is 7.18. The van der Waals surface area contributed by atoms with E-state index in [0.717, 1.165) is 12.8 Å². The number of fused-ring (bicyclic) bond motifs is 19. The third-order valence-corrected chi connectivity index (χ3v) is 17.2. The van der Waals surface area contributed by atoms with Crippen molar-refractivity contribution in [1.29, 1.82) is 0 Å². The van der Waals surface area contributed by atoms with Crippen molar-refractivity contribution in [1.82, 2.24) is 19.9 Å². The van der Waals surface area contributed by atoms with Crippen LogP contribution in [0, 0.1) is 0 Å². The number of nitrogens with one attached hydrogen (secondary N) is 4. The van der Waals surface area contributed by atoms with Crippen LogP contribution in [0.1, 0.15) is 22.3 Å². The number of aromatic amines is 4. The predicted molar refractivity (Wildman–Crippen MR) is 320 cm³/mol. The minimum atomic E-state index is 1.05. The first-order valence-corrected chi connectivity index (χ1v) is 26.7. The Hall–Kier alpha value is -9.42. The molecule has 5 aromatic heterocycles. The molecule has 0 spiro atoms. The molecule has 0 aliphatic heterocycles. The molecule has 16 aromatic rings. The van der Waals surface area contributed by atoms with Gasteiger partial charge in [0.15, 0.2) is 0 Å². The monoisotopic (exact) mass is 974 g/mol. The van der Waals surface area contributed by atoms with Gasteiger partial charge >= 0.3 is 0 Å². The summed E-state index contributed by atoms with van der Waals surface area (Å²) >= 11 is 1.85. The SMILES string of the molecule is c1ccc2c(c1)Cc1cc3c(cc1-2)[nH]c1ccccc13.c1ccc2c(c1)Cc1cc3cc4c(cc3cc1-2)[nH]c1ccccc14.c1ccc2c(c1)[nH]c1ccc(-c3ccc(-c4ccc5[nH]c6ccccc6c5c4)s3)cc12. The normalized spacial score (nSPS) is 12.4. The number of rotatable bonds is 2. The Kier molecular flexibility index (Phi) is 9.30. The molecule has 4 N–H and O–H groups in total. The van der Waals surface area contributed by atoms with Crippen molar-refractivity contribution >= 4 is 109 Å². The number of thiophene rings is 1. The van der Waals surface area contributed by atoms with Gasteiger partial charge in [-0.3, -0.25) is 0 Å². The Morgan fingerprint density at radius 1 is 0.240 bits per heavy atom. The lowest BCUT2D eigenvalue weighted by atomic mass is 9.99. The molecule has 5 heteroatoms. The number of para-hydroxylation sites is 4. The molecular formula is C70H46N4S. The van der Waals surface area contributed by atoms with Crippen LogP contribution in [-0.2, 0) is 12.8 Å². The molecule has 0 fully saturated rings. The lowest BCUT2D eigenvalue weighted by Gasteiger charge is -2.05. The molecule has 4 nitrogen and oxygen atoms in total. The first kappa shape index (κ1) is 42.1. The molecule has 18 rings (SSSR count). The number of hydrogen-bond donors (Lipinski definition) is 4. The van der Waals surface area contributed by atoms with E-state index in [1.807, 2.05) is 11.3 Å². The summed E-state index contributed by atoms with van der Waals surface area (Å²) < 4.78 is 0. The maximum atomic E-state index is 3.56. The van der Waals surface area contributed by atoms with Crippen LogP contribution in [0.3, 0.4) is 0 Å². The quantitative estimate of drug-likeness (QED) is 0.133. The third kappa shape index (κ3) is 6.89. The van der Waals surface area contributed by atoms with E-state index in [0.29, 0.717) is 0 Å². The van der Waals surface area contributed by atoms with Gasteiger partial charge < -0.3 is 19.9 Å². The van der Waals surface area contributed by atoms with E-state index in [2.05, 4.69) is 250 Å². The predicted octanol–water partition coefficient (Wildman–Crippen LogP) is 19.3. The minimum absolute atomic E-state index is 1.05. The second-order valence-corrected chi connectivity index (χ2v) is 21.4. The van der Waals surface area contributed by atoms with Gasteiger partial charge in [-0.05, 0) is 170 Å². The van der Waals surface area contributed by atoms with E-state index >= 15 is 0 Å². The van der Waals surface area contributed by atoms with Crippen LogP contribution in [0.4, 0.5) is 0 Å². The maximum absolute atomic E-state index is 3.56. The van der Waals surface area contributed by atoms with Gasteiger partial charge in [0.2, 0.25) is 0 Å². The average molecular weight is 975 g/mol. The fourth-order valence-corrected chi connectivity index (χ4v) is 13.4. The van der Waals surface area contributed by atoms with Gasteiger partial charge in [0.1, 0.15) is 0 Å². The highest BCUT2D eigenvalue weighted by Gasteiger charge is 2.21. The molecule has 0 saturated carbocycles. The summed E-state index contributed by atoms with van der Waals surface area (Å²) in [5.74, 6) is 0. The van der Waals surface area contributed by atoms with Crippen molar-refractivity contribution in [2.45, 2.75) is 12.8 Å². The summed E-state index contributed by atoms with van der Waals surface area (Å²) in [6, 6.07) is 83.6. The molecule has 2 aliphatic carbocycles. The first-order chi connectivity index (χ1) is 37.1. The summed E-state index contributed by atoms with van der Waals surface area (Å²) in [5, 5.41) is 13.0. The van der Waals surface area contributed by atoms with E-state index in [9.17, 15) is 0 Å². The van der Waals surface area contributed by atoms with Crippen LogP contribution < -0.4 is 0 Å². The molecule has 0 saturated heterocycles. The molecule has 0 radical (unpaired) electrons. The molecule has 75 heavy (non-hydrogen) atoms. The highest BCUT2D eigenvalue weighted by atomic mass is 32.1. The molecular weight excluding hydrogens is 929 g/mol. The van der Waals surface area contributed by atoms with Gasteiger partial charge in [-0.15, -0.1) is 11.3 Å².